The summed E-state index contributed by atoms with van der Waals surface area (Å²) in [7, 11) is 0. The van der Waals surface area contributed by atoms with Gasteiger partial charge in [0.1, 0.15) is 0 Å². The molecule has 0 radical (unpaired) electrons. The van der Waals surface area contributed by atoms with E-state index in [2.05, 4.69) is 10.4 Å². The highest BCUT2D eigenvalue weighted by atomic mass is 15.2. The normalized spacial score (nSPS) is 18.1. The Morgan fingerprint density at radius 3 is 2.93 bits per heavy atom. The van der Waals surface area contributed by atoms with Crippen LogP contribution in [-0.2, 0) is 6.42 Å². The van der Waals surface area contributed by atoms with Gasteiger partial charge in [0, 0.05) is 24.1 Å². The van der Waals surface area contributed by atoms with Gasteiger partial charge in [0.15, 0.2) is 0 Å². The first-order valence-corrected chi connectivity index (χ1v) is 4.95. The molecule has 1 unspecified atom stereocenters. The van der Waals surface area contributed by atoms with Gasteiger partial charge in [-0.3, -0.25) is 16.3 Å². The zero-order chi connectivity index (χ0) is 9.97. The number of nitrogens with one attached hydrogen (secondary N) is 1. The number of aromatic nitrogens is 1. The minimum absolute atomic E-state index is 0.349. The van der Waals surface area contributed by atoms with E-state index in [9.17, 15) is 0 Å². The molecule has 0 bridgehead atoms. The molecule has 0 saturated heterocycles. The van der Waals surface area contributed by atoms with E-state index in [4.69, 9.17) is 11.6 Å². The minimum atomic E-state index is 0.349. The van der Waals surface area contributed by atoms with Crippen molar-refractivity contribution in [3.63, 3.8) is 0 Å². The van der Waals surface area contributed by atoms with E-state index in [1.54, 1.807) is 6.20 Å². The van der Waals surface area contributed by atoms with Crippen LogP contribution in [0.4, 0.5) is 5.69 Å². The minimum Gasteiger partial charge on any atom is -0.398 e. The summed E-state index contributed by atoms with van der Waals surface area (Å²) in [5.74, 6) is 6.22. The fourth-order valence-corrected chi connectivity index (χ4v) is 1.71. The summed E-state index contributed by atoms with van der Waals surface area (Å²) in [4.78, 5) is 4.06. The predicted octanol–water partition coefficient (Wildman–Crippen LogP) is 0.448. The Morgan fingerprint density at radius 2 is 2.36 bits per heavy atom. The second kappa shape index (κ2) is 3.94. The third-order valence-corrected chi connectivity index (χ3v) is 2.79. The largest absolute Gasteiger partial charge is 0.398 e. The highest BCUT2D eigenvalue weighted by Crippen LogP contribution is 2.34. The van der Waals surface area contributed by atoms with E-state index in [1.807, 2.05) is 12.3 Å². The van der Waals surface area contributed by atoms with Crippen LogP contribution in [0.2, 0.25) is 0 Å². The maximum atomic E-state index is 5.84. The summed E-state index contributed by atoms with van der Waals surface area (Å²) >= 11 is 0. The van der Waals surface area contributed by atoms with Crippen LogP contribution >= 0.6 is 0 Å². The molecule has 1 atom stereocenters. The highest BCUT2D eigenvalue weighted by Gasteiger charge is 2.30. The van der Waals surface area contributed by atoms with Crippen LogP contribution in [0.3, 0.4) is 0 Å². The van der Waals surface area contributed by atoms with Crippen molar-refractivity contribution in [3.05, 3.63) is 24.0 Å². The van der Waals surface area contributed by atoms with Crippen LogP contribution in [0.25, 0.3) is 0 Å². The first kappa shape index (κ1) is 9.43. The number of rotatable bonds is 4. The molecule has 2 rings (SSSR count). The molecule has 5 N–H and O–H groups in total. The molecule has 1 aromatic heterocycles. The van der Waals surface area contributed by atoms with Crippen LogP contribution in [0.5, 0.6) is 0 Å². The van der Waals surface area contributed by atoms with E-state index in [0.717, 1.165) is 23.6 Å². The number of pyridine rings is 1. The molecule has 0 aromatic carbocycles. The van der Waals surface area contributed by atoms with E-state index in [0.29, 0.717) is 6.04 Å². The summed E-state index contributed by atoms with van der Waals surface area (Å²) in [5, 5.41) is 0. The van der Waals surface area contributed by atoms with Gasteiger partial charge < -0.3 is 5.73 Å². The zero-order valence-corrected chi connectivity index (χ0v) is 8.11. The van der Waals surface area contributed by atoms with Gasteiger partial charge in [0.25, 0.3) is 0 Å². The van der Waals surface area contributed by atoms with Crippen LogP contribution < -0.4 is 17.0 Å². The number of anilines is 1. The molecule has 76 valence electrons. The predicted molar refractivity (Wildman–Crippen MR) is 56.2 cm³/mol. The van der Waals surface area contributed by atoms with Gasteiger partial charge in [-0.15, -0.1) is 0 Å². The Labute approximate surface area is 83.7 Å². The molecule has 1 aliphatic rings. The molecule has 0 amide bonds. The van der Waals surface area contributed by atoms with Gasteiger partial charge in [-0.05, 0) is 36.8 Å². The van der Waals surface area contributed by atoms with E-state index >= 15 is 0 Å². The number of nitrogens with two attached hydrogens (primary N) is 2. The number of nitrogen functional groups attached to an aromatic ring is 1. The van der Waals surface area contributed by atoms with Crippen LogP contribution in [0, 0.1) is 5.92 Å². The Balaban J connectivity index is 2.04. The van der Waals surface area contributed by atoms with Crippen molar-refractivity contribution < 1.29 is 0 Å². The second-order valence-corrected chi connectivity index (χ2v) is 3.89. The second-order valence-electron chi connectivity index (χ2n) is 3.89. The van der Waals surface area contributed by atoms with Crippen LogP contribution in [-0.4, -0.2) is 11.0 Å². The van der Waals surface area contributed by atoms with Crippen LogP contribution in [0.1, 0.15) is 18.4 Å². The molecule has 4 heteroatoms. The Kier molecular flexibility index (Phi) is 2.65. The molecule has 14 heavy (non-hydrogen) atoms. The lowest BCUT2D eigenvalue weighted by Gasteiger charge is -2.15. The summed E-state index contributed by atoms with van der Waals surface area (Å²) < 4.78 is 0. The zero-order valence-electron chi connectivity index (χ0n) is 8.11. The average Bonchev–Trinajstić information content (AvgIpc) is 3.00. The topological polar surface area (TPSA) is 77.0 Å². The van der Waals surface area contributed by atoms with Crippen molar-refractivity contribution in [2.45, 2.75) is 25.3 Å². The Bertz CT molecular complexity index is 309. The van der Waals surface area contributed by atoms with Gasteiger partial charge in [0.2, 0.25) is 0 Å². The maximum Gasteiger partial charge on any atom is 0.0378 e. The molecule has 1 heterocycles. The summed E-state index contributed by atoms with van der Waals surface area (Å²) in [5.41, 5.74) is 10.6. The number of hydrogen-bond acceptors (Lipinski definition) is 4. The standard InChI is InChI=1S/C10H16N4/c11-9-3-4-13-6-8(9)5-10(14-12)7-1-2-7/h3-4,6-7,10,14H,1-2,5,12H2,(H2,11,13). The third-order valence-electron chi connectivity index (χ3n) is 2.79. The van der Waals surface area contributed by atoms with Crippen molar-refractivity contribution >= 4 is 5.69 Å². The smallest absolute Gasteiger partial charge is 0.0378 e. The number of nitrogens with zero attached hydrogens (tertiary/aromatic N) is 1. The van der Waals surface area contributed by atoms with Gasteiger partial charge in [-0.2, -0.15) is 0 Å². The lowest BCUT2D eigenvalue weighted by molar-refractivity contribution is 0.472. The van der Waals surface area contributed by atoms with Crippen molar-refractivity contribution in [2.24, 2.45) is 11.8 Å². The summed E-state index contributed by atoms with van der Waals surface area (Å²) in [6.45, 7) is 0. The molecule has 1 aliphatic carbocycles. The molecule has 0 aliphatic heterocycles. The first-order chi connectivity index (χ1) is 6.81. The van der Waals surface area contributed by atoms with E-state index in [-0.39, 0.29) is 0 Å². The number of hydrogen-bond donors (Lipinski definition) is 3. The molecule has 1 aromatic rings. The van der Waals surface area contributed by atoms with Crippen molar-refractivity contribution in [1.29, 1.82) is 0 Å². The molecule has 1 fully saturated rings. The Hall–Kier alpha value is -1.13. The molecule has 1 saturated carbocycles. The summed E-state index contributed by atoms with van der Waals surface area (Å²) in [6, 6.07) is 2.18. The van der Waals surface area contributed by atoms with Gasteiger partial charge in [0.05, 0.1) is 0 Å². The lowest BCUT2D eigenvalue weighted by atomic mass is 10.0. The van der Waals surface area contributed by atoms with E-state index in [1.165, 1.54) is 12.8 Å². The number of hydrazine groups is 1. The first-order valence-electron chi connectivity index (χ1n) is 4.95. The lowest BCUT2D eigenvalue weighted by Crippen LogP contribution is -2.38. The molecular formula is C10H16N4. The fourth-order valence-electron chi connectivity index (χ4n) is 1.71. The molecular weight excluding hydrogens is 176 g/mol. The van der Waals surface area contributed by atoms with Crippen molar-refractivity contribution in [1.82, 2.24) is 10.4 Å². The average molecular weight is 192 g/mol. The summed E-state index contributed by atoms with van der Waals surface area (Å²) in [6.07, 6.45) is 6.95. The van der Waals surface area contributed by atoms with Gasteiger partial charge in [-0.1, -0.05) is 0 Å². The third kappa shape index (κ3) is 2.02. The Morgan fingerprint density at radius 1 is 1.57 bits per heavy atom. The quantitative estimate of drug-likeness (QED) is 0.478. The SMILES string of the molecule is NNC(Cc1cnccc1N)C1CC1. The fraction of sp³-hybridized carbons (Fsp3) is 0.500. The van der Waals surface area contributed by atoms with Crippen molar-refractivity contribution in [3.8, 4) is 0 Å². The van der Waals surface area contributed by atoms with Gasteiger partial charge in [-0.25, -0.2) is 0 Å². The highest BCUT2D eigenvalue weighted by molar-refractivity contribution is 5.44. The van der Waals surface area contributed by atoms with E-state index < -0.39 is 0 Å². The van der Waals surface area contributed by atoms with Crippen molar-refractivity contribution in [2.75, 3.05) is 5.73 Å². The van der Waals surface area contributed by atoms with Gasteiger partial charge >= 0.3 is 0 Å². The monoisotopic (exact) mass is 192 g/mol. The van der Waals surface area contributed by atoms with Crippen LogP contribution in [0.15, 0.2) is 18.5 Å². The maximum absolute atomic E-state index is 5.84. The molecule has 4 nitrogen and oxygen atoms in total. The molecule has 0 spiro atoms.